The van der Waals surface area contributed by atoms with Gasteiger partial charge in [0.25, 0.3) is 0 Å². The zero-order valence-electron chi connectivity index (χ0n) is 28.2. The highest BCUT2D eigenvalue weighted by atomic mass is 15.0. The van der Waals surface area contributed by atoms with Gasteiger partial charge in [0, 0.05) is 33.5 Å². The van der Waals surface area contributed by atoms with Crippen molar-refractivity contribution in [2.75, 3.05) is 0 Å². The van der Waals surface area contributed by atoms with Crippen molar-refractivity contribution in [2.24, 2.45) is 0 Å². The minimum Gasteiger partial charge on any atom is -0.310 e. The van der Waals surface area contributed by atoms with Crippen molar-refractivity contribution in [2.45, 2.75) is 39.0 Å². The zero-order chi connectivity index (χ0) is 34.2. The van der Waals surface area contributed by atoms with Gasteiger partial charge < -0.3 is 9.13 Å². The predicted octanol–water partition coefficient (Wildman–Crippen LogP) is 11.2. The number of benzene rings is 4. The van der Waals surface area contributed by atoms with E-state index in [4.69, 9.17) is 0 Å². The zero-order valence-corrected chi connectivity index (χ0v) is 28.2. The number of nitriles is 2. The molecule has 4 heteroatoms. The summed E-state index contributed by atoms with van der Waals surface area (Å²) in [5, 5.41) is 21.4. The summed E-state index contributed by atoms with van der Waals surface area (Å²) in [5.74, 6) is 0. The Kier molecular flexibility index (Phi) is 8.00. The molecule has 0 atom stereocenters. The van der Waals surface area contributed by atoms with Crippen LogP contribution < -0.4 is 0 Å². The summed E-state index contributed by atoms with van der Waals surface area (Å²) in [4.78, 5) is 0. The van der Waals surface area contributed by atoms with E-state index in [1.165, 1.54) is 39.0 Å². The molecule has 4 nitrogen and oxygen atoms in total. The molecular weight excluding hydrogens is 609 g/mol. The van der Waals surface area contributed by atoms with Crippen LogP contribution in [0.3, 0.4) is 0 Å². The molecule has 0 amide bonds. The summed E-state index contributed by atoms with van der Waals surface area (Å²) in [6, 6.07) is 36.6. The van der Waals surface area contributed by atoms with Crippen LogP contribution in [0, 0.1) is 22.7 Å². The van der Waals surface area contributed by atoms with Gasteiger partial charge in [-0.15, -0.1) is 6.58 Å². The summed E-state index contributed by atoms with van der Waals surface area (Å²) in [6.45, 7) is 6.08. The molecular formula is C46H36N4. The number of nitrogens with zero attached hydrogens (tertiary/aromatic N) is 4. The molecule has 8 rings (SSSR count). The monoisotopic (exact) mass is 644 g/mol. The Balaban J connectivity index is 1.25. The molecule has 4 aromatic carbocycles. The predicted molar refractivity (Wildman–Crippen MR) is 206 cm³/mol. The molecule has 0 N–H and O–H groups in total. The fourth-order valence-electron chi connectivity index (χ4n) is 7.90. The molecule has 2 heterocycles. The van der Waals surface area contributed by atoms with Crippen LogP contribution in [-0.2, 0) is 19.3 Å². The highest BCUT2D eigenvalue weighted by Gasteiger charge is 2.27. The highest BCUT2D eigenvalue weighted by molar-refractivity contribution is 5.91. The van der Waals surface area contributed by atoms with Gasteiger partial charge in [0.15, 0.2) is 0 Å². The Morgan fingerprint density at radius 1 is 0.780 bits per heavy atom. The lowest BCUT2D eigenvalue weighted by atomic mass is 9.91. The van der Waals surface area contributed by atoms with Crippen LogP contribution in [0.1, 0.15) is 59.1 Å². The number of aromatic nitrogens is 2. The normalized spacial score (nSPS) is 13.5. The summed E-state index contributed by atoms with van der Waals surface area (Å²) in [5.41, 5.74) is 16.1. The Labute approximate surface area is 293 Å². The number of para-hydroxylation sites is 2. The van der Waals surface area contributed by atoms with E-state index in [-0.39, 0.29) is 0 Å². The van der Waals surface area contributed by atoms with E-state index in [9.17, 15) is 10.5 Å². The molecule has 2 aliphatic carbocycles. The van der Waals surface area contributed by atoms with Crippen LogP contribution >= 0.6 is 0 Å². The first-order valence-electron chi connectivity index (χ1n) is 17.3. The first-order chi connectivity index (χ1) is 24.6. The third-order valence-corrected chi connectivity index (χ3v) is 10.1. The van der Waals surface area contributed by atoms with Crippen LogP contribution in [0.2, 0.25) is 0 Å². The molecule has 240 valence electrons. The molecule has 0 radical (unpaired) electrons. The van der Waals surface area contributed by atoms with Crippen molar-refractivity contribution in [3.8, 4) is 45.8 Å². The number of hydrogen-bond acceptors (Lipinski definition) is 2. The minimum absolute atomic E-state index is 0.626. The number of allylic oxidation sites excluding steroid dienone is 4. The van der Waals surface area contributed by atoms with Crippen LogP contribution in [-0.4, -0.2) is 9.13 Å². The maximum atomic E-state index is 10.3. The smallest absolute Gasteiger partial charge is 0.0998 e. The van der Waals surface area contributed by atoms with Gasteiger partial charge in [0.05, 0.1) is 40.3 Å². The lowest BCUT2D eigenvalue weighted by Crippen LogP contribution is -2.05. The first kappa shape index (κ1) is 30.9. The second kappa shape index (κ2) is 12.9. The fraction of sp³-hybridized carbons (Fsp3) is 0.130. The maximum absolute atomic E-state index is 10.3. The van der Waals surface area contributed by atoms with Gasteiger partial charge in [-0.25, -0.2) is 0 Å². The number of fused-ring (bicyclic) bond motifs is 4. The van der Waals surface area contributed by atoms with Gasteiger partial charge in [-0.1, -0.05) is 72.8 Å². The van der Waals surface area contributed by atoms with Gasteiger partial charge >= 0.3 is 0 Å². The number of hydrogen-bond donors (Lipinski definition) is 0. The Hall–Kier alpha value is -6.36. The second-order valence-corrected chi connectivity index (χ2v) is 12.9. The molecule has 0 saturated carbocycles. The lowest BCUT2D eigenvalue weighted by Gasteiger charge is -2.19. The maximum Gasteiger partial charge on any atom is 0.0998 e. The Morgan fingerprint density at radius 2 is 1.56 bits per heavy atom. The molecule has 0 fully saturated rings. The van der Waals surface area contributed by atoms with Crippen LogP contribution in [0.5, 0.6) is 0 Å². The highest BCUT2D eigenvalue weighted by Crippen LogP contribution is 2.41. The third-order valence-electron chi connectivity index (χ3n) is 10.1. The molecule has 2 aromatic heterocycles. The largest absolute Gasteiger partial charge is 0.310 e. The molecule has 0 aliphatic heterocycles. The minimum atomic E-state index is 0.626. The molecule has 0 unspecified atom stereocenters. The van der Waals surface area contributed by atoms with E-state index < -0.39 is 0 Å². The van der Waals surface area contributed by atoms with Crippen molar-refractivity contribution in [3.05, 3.63) is 161 Å². The lowest BCUT2D eigenvalue weighted by molar-refractivity contribution is 0.906. The van der Waals surface area contributed by atoms with E-state index >= 15 is 0 Å². The summed E-state index contributed by atoms with van der Waals surface area (Å²) in [7, 11) is 0. The molecule has 6 aromatic rings. The van der Waals surface area contributed by atoms with Crippen LogP contribution in [0.4, 0.5) is 0 Å². The summed E-state index contributed by atoms with van der Waals surface area (Å²) >= 11 is 0. The SMILES string of the molecule is C=CCc1c(/C=C\C)n(-c2ccc(-c3ccc(C#N)c(-c4ccccc4-n4c5c(c6c4C=C(C#N)CC6)CCC=C5)c3)cc2)c2ccccc12. The topological polar surface area (TPSA) is 57.4 Å². The van der Waals surface area contributed by atoms with Crippen LogP contribution in [0.25, 0.3) is 62.8 Å². The van der Waals surface area contributed by atoms with Crippen molar-refractivity contribution < 1.29 is 0 Å². The average molecular weight is 645 g/mol. The van der Waals surface area contributed by atoms with Gasteiger partial charge in [0.1, 0.15) is 0 Å². The van der Waals surface area contributed by atoms with Crippen LogP contribution in [0.15, 0.2) is 121 Å². The quantitative estimate of drug-likeness (QED) is 0.162. The second-order valence-electron chi connectivity index (χ2n) is 12.9. The van der Waals surface area contributed by atoms with E-state index in [2.05, 4.69) is 138 Å². The summed E-state index contributed by atoms with van der Waals surface area (Å²) < 4.78 is 4.65. The van der Waals surface area contributed by atoms with Crippen molar-refractivity contribution >= 4 is 29.1 Å². The van der Waals surface area contributed by atoms with E-state index in [1.54, 1.807) is 0 Å². The average Bonchev–Trinajstić information content (AvgIpc) is 3.66. The van der Waals surface area contributed by atoms with Gasteiger partial charge in [-0.05, 0) is 121 Å². The van der Waals surface area contributed by atoms with Gasteiger partial charge in [-0.3, -0.25) is 0 Å². The molecule has 0 saturated heterocycles. The van der Waals surface area contributed by atoms with E-state index in [0.29, 0.717) is 5.56 Å². The number of rotatable bonds is 7. The standard InChI is InChI=1S/C46H36N4/c1-3-11-36-37-13-5-8-16-43(37)49(42(36)12-4-2)35-24-22-32(23-25-35)33-20-21-34(30-48)41(28-33)39-15-7-10-18-45(39)50-44-17-9-6-14-38(44)40-26-19-31(29-47)27-46(40)50/h3-5,7-10,12-13,15-18,20-25,27-28H,1,6,11,14,19,26H2,2H3/b12-4-. The Morgan fingerprint density at radius 3 is 2.36 bits per heavy atom. The van der Waals surface area contributed by atoms with E-state index in [0.717, 1.165) is 77.0 Å². The van der Waals surface area contributed by atoms with Crippen molar-refractivity contribution in [3.63, 3.8) is 0 Å². The molecule has 0 bridgehead atoms. The fourth-order valence-corrected chi connectivity index (χ4v) is 7.90. The molecule has 0 spiro atoms. The van der Waals surface area contributed by atoms with Gasteiger partial charge in [0.2, 0.25) is 0 Å². The van der Waals surface area contributed by atoms with Gasteiger partial charge in [-0.2, -0.15) is 10.5 Å². The van der Waals surface area contributed by atoms with E-state index in [1.807, 2.05) is 24.3 Å². The molecule has 2 aliphatic rings. The van der Waals surface area contributed by atoms with Crippen molar-refractivity contribution in [1.29, 1.82) is 10.5 Å². The van der Waals surface area contributed by atoms with Crippen molar-refractivity contribution in [1.82, 2.24) is 9.13 Å². The summed E-state index contributed by atoms with van der Waals surface area (Å²) in [6.07, 6.45) is 17.3. The Bertz CT molecular complexity index is 2500. The third kappa shape index (κ3) is 5.06. The molecule has 50 heavy (non-hydrogen) atoms. The first-order valence-corrected chi connectivity index (χ1v) is 17.3.